The van der Waals surface area contributed by atoms with Crippen molar-refractivity contribution in [1.29, 1.82) is 0 Å². The van der Waals surface area contributed by atoms with E-state index in [1.54, 1.807) is 13.0 Å². The zero-order chi connectivity index (χ0) is 20.2. The highest BCUT2D eigenvalue weighted by molar-refractivity contribution is 5.94. The predicted molar refractivity (Wildman–Crippen MR) is 105 cm³/mol. The van der Waals surface area contributed by atoms with Crippen LogP contribution in [0.1, 0.15) is 58.8 Å². The molecule has 0 aromatic rings. The third kappa shape index (κ3) is 16.2. The molecule has 0 atom stereocenters. The van der Waals surface area contributed by atoms with Crippen molar-refractivity contribution >= 4 is 18.2 Å². The Balaban J connectivity index is 3.37. The molecule has 0 saturated heterocycles. The standard InChI is InChI=1S/C20H36N2O5/c1-3-5-7-11-19(24)21-12-16-26-14-8-6-9-15-27-17-13-22(18-23)20(25)10-4-2/h4,10,18H,3,5-9,11-17H2,1-2H3,(H,21,24)/b10-4-. The van der Waals surface area contributed by atoms with Crippen LogP contribution < -0.4 is 5.32 Å². The molecular weight excluding hydrogens is 348 g/mol. The second-order valence-electron chi connectivity index (χ2n) is 6.23. The van der Waals surface area contributed by atoms with E-state index in [9.17, 15) is 14.4 Å². The number of rotatable bonds is 18. The molecule has 0 bridgehead atoms. The average molecular weight is 385 g/mol. The summed E-state index contributed by atoms with van der Waals surface area (Å²) in [5, 5.41) is 2.86. The first-order valence-corrected chi connectivity index (χ1v) is 9.96. The van der Waals surface area contributed by atoms with Gasteiger partial charge in [0.15, 0.2) is 0 Å². The van der Waals surface area contributed by atoms with Gasteiger partial charge in [-0.1, -0.05) is 25.8 Å². The van der Waals surface area contributed by atoms with Crippen molar-refractivity contribution in [3.63, 3.8) is 0 Å². The van der Waals surface area contributed by atoms with E-state index in [4.69, 9.17) is 9.47 Å². The molecule has 0 aliphatic rings. The minimum absolute atomic E-state index is 0.102. The van der Waals surface area contributed by atoms with Crippen LogP contribution in [0.2, 0.25) is 0 Å². The third-order valence-corrected chi connectivity index (χ3v) is 3.85. The first-order chi connectivity index (χ1) is 13.2. The van der Waals surface area contributed by atoms with Crippen molar-refractivity contribution in [3.8, 4) is 0 Å². The molecule has 0 fully saturated rings. The van der Waals surface area contributed by atoms with E-state index in [2.05, 4.69) is 12.2 Å². The van der Waals surface area contributed by atoms with Gasteiger partial charge in [0.05, 0.1) is 19.8 Å². The van der Waals surface area contributed by atoms with Crippen molar-refractivity contribution in [2.24, 2.45) is 0 Å². The largest absolute Gasteiger partial charge is 0.380 e. The number of amides is 3. The summed E-state index contributed by atoms with van der Waals surface area (Å²) in [4.78, 5) is 34.9. The van der Waals surface area contributed by atoms with E-state index in [0.717, 1.165) is 43.4 Å². The minimum atomic E-state index is -0.328. The number of carbonyl (C=O) groups excluding carboxylic acids is 3. The monoisotopic (exact) mass is 384 g/mol. The van der Waals surface area contributed by atoms with Crippen molar-refractivity contribution < 1.29 is 23.9 Å². The Bertz CT molecular complexity index is 427. The van der Waals surface area contributed by atoms with Crippen LogP contribution in [0.25, 0.3) is 0 Å². The van der Waals surface area contributed by atoms with Crippen LogP contribution in [0.4, 0.5) is 0 Å². The molecule has 27 heavy (non-hydrogen) atoms. The number of unbranched alkanes of at least 4 members (excludes halogenated alkanes) is 4. The molecule has 7 nitrogen and oxygen atoms in total. The van der Waals surface area contributed by atoms with E-state index in [1.807, 2.05) is 0 Å². The molecule has 0 rings (SSSR count). The van der Waals surface area contributed by atoms with E-state index < -0.39 is 0 Å². The Morgan fingerprint density at radius 1 is 0.963 bits per heavy atom. The third-order valence-electron chi connectivity index (χ3n) is 3.85. The fraction of sp³-hybridized carbons (Fsp3) is 0.750. The first-order valence-electron chi connectivity index (χ1n) is 9.96. The SMILES string of the molecule is C/C=C\C(=O)N(C=O)CCOCCCCCOCCNC(=O)CCCCC. The van der Waals surface area contributed by atoms with Gasteiger partial charge in [-0.3, -0.25) is 19.3 Å². The molecule has 0 unspecified atom stereocenters. The Labute approximate surface area is 163 Å². The van der Waals surface area contributed by atoms with Crippen molar-refractivity contribution in [2.45, 2.75) is 58.8 Å². The van der Waals surface area contributed by atoms with Gasteiger partial charge in [-0.2, -0.15) is 0 Å². The van der Waals surface area contributed by atoms with Gasteiger partial charge < -0.3 is 14.8 Å². The van der Waals surface area contributed by atoms with Crippen LogP contribution >= 0.6 is 0 Å². The second kappa shape index (κ2) is 19.0. The van der Waals surface area contributed by atoms with Gasteiger partial charge in [-0.05, 0) is 38.7 Å². The topological polar surface area (TPSA) is 84.9 Å². The predicted octanol–water partition coefficient (Wildman–Crippen LogP) is 2.45. The minimum Gasteiger partial charge on any atom is -0.380 e. The number of hydrogen-bond acceptors (Lipinski definition) is 5. The summed E-state index contributed by atoms with van der Waals surface area (Å²) >= 11 is 0. The first kappa shape index (κ1) is 25.3. The van der Waals surface area contributed by atoms with Gasteiger partial charge >= 0.3 is 0 Å². The molecule has 0 saturated carbocycles. The lowest BCUT2D eigenvalue weighted by atomic mass is 10.2. The molecule has 1 N–H and O–H groups in total. The number of nitrogens with zero attached hydrogens (tertiary/aromatic N) is 1. The van der Waals surface area contributed by atoms with Gasteiger partial charge in [0, 0.05) is 26.2 Å². The van der Waals surface area contributed by atoms with Crippen LogP contribution in [0.5, 0.6) is 0 Å². The molecule has 3 amide bonds. The molecule has 7 heteroatoms. The molecule has 0 radical (unpaired) electrons. The van der Waals surface area contributed by atoms with Gasteiger partial charge in [-0.25, -0.2) is 0 Å². The quantitative estimate of drug-likeness (QED) is 0.223. The van der Waals surface area contributed by atoms with E-state index >= 15 is 0 Å². The van der Waals surface area contributed by atoms with Crippen molar-refractivity contribution in [3.05, 3.63) is 12.2 Å². The van der Waals surface area contributed by atoms with Crippen LogP contribution in [-0.4, -0.2) is 62.6 Å². The average Bonchev–Trinajstić information content (AvgIpc) is 2.66. The van der Waals surface area contributed by atoms with Gasteiger partial charge in [-0.15, -0.1) is 0 Å². The fourth-order valence-corrected chi connectivity index (χ4v) is 2.29. The zero-order valence-electron chi connectivity index (χ0n) is 16.9. The summed E-state index contributed by atoms with van der Waals surface area (Å²) in [6.45, 7) is 6.82. The number of allylic oxidation sites excluding steroid dienone is 1. The zero-order valence-corrected chi connectivity index (χ0v) is 16.9. The lowest BCUT2D eigenvalue weighted by molar-refractivity contribution is -0.135. The van der Waals surface area contributed by atoms with E-state index in [-0.39, 0.29) is 18.4 Å². The Hall–Kier alpha value is -1.73. The lowest BCUT2D eigenvalue weighted by Gasteiger charge is -2.13. The summed E-state index contributed by atoms with van der Waals surface area (Å²) in [7, 11) is 0. The summed E-state index contributed by atoms with van der Waals surface area (Å²) in [6, 6.07) is 0. The highest BCUT2D eigenvalue weighted by Gasteiger charge is 2.08. The number of carbonyl (C=O) groups is 3. The maximum Gasteiger partial charge on any atom is 0.252 e. The number of nitrogens with one attached hydrogen (secondary N) is 1. The van der Waals surface area contributed by atoms with Gasteiger partial charge in [0.25, 0.3) is 5.91 Å². The molecule has 0 aliphatic heterocycles. The fourth-order valence-electron chi connectivity index (χ4n) is 2.29. The maximum absolute atomic E-state index is 11.5. The van der Waals surface area contributed by atoms with Gasteiger partial charge in [0.1, 0.15) is 0 Å². The summed E-state index contributed by atoms with van der Waals surface area (Å²) in [5.74, 6) is -0.227. The van der Waals surface area contributed by atoms with E-state index in [1.165, 1.54) is 6.08 Å². The van der Waals surface area contributed by atoms with E-state index in [0.29, 0.717) is 45.8 Å². The van der Waals surface area contributed by atoms with Gasteiger partial charge in [0.2, 0.25) is 12.3 Å². The highest BCUT2D eigenvalue weighted by Crippen LogP contribution is 1.99. The van der Waals surface area contributed by atoms with Crippen LogP contribution in [-0.2, 0) is 23.9 Å². The molecule has 0 aromatic carbocycles. The second-order valence-corrected chi connectivity index (χ2v) is 6.23. The Kier molecular flexibility index (Phi) is 17.8. The van der Waals surface area contributed by atoms with Crippen molar-refractivity contribution in [1.82, 2.24) is 10.2 Å². The molecule has 0 heterocycles. The highest BCUT2D eigenvalue weighted by atomic mass is 16.5. The molecule has 156 valence electrons. The van der Waals surface area contributed by atoms with Crippen LogP contribution in [0, 0.1) is 0 Å². The van der Waals surface area contributed by atoms with Crippen molar-refractivity contribution in [2.75, 3.05) is 39.5 Å². The smallest absolute Gasteiger partial charge is 0.252 e. The summed E-state index contributed by atoms with van der Waals surface area (Å²) in [6.07, 6.45) is 10.1. The normalized spacial score (nSPS) is 10.9. The Morgan fingerprint density at radius 3 is 2.30 bits per heavy atom. The molecule has 0 spiro atoms. The molecular formula is C20H36N2O5. The molecule has 0 aliphatic carbocycles. The lowest BCUT2D eigenvalue weighted by Crippen LogP contribution is -2.31. The summed E-state index contributed by atoms with van der Waals surface area (Å²) < 4.78 is 10.9. The summed E-state index contributed by atoms with van der Waals surface area (Å²) in [5.41, 5.74) is 0. The number of hydrogen-bond donors (Lipinski definition) is 1. The molecule has 0 aromatic heterocycles. The number of imide groups is 1. The van der Waals surface area contributed by atoms with Crippen LogP contribution in [0.15, 0.2) is 12.2 Å². The number of ether oxygens (including phenoxy) is 2. The maximum atomic E-state index is 11.5. The van der Waals surface area contributed by atoms with Crippen LogP contribution in [0.3, 0.4) is 0 Å². The Morgan fingerprint density at radius 2 is 1.67 bits per heavy atom.